The van der Waals surface area contributed by atoms with Crippen LogP contribution in [-0.2, 0) is 0 Å². The lowest BCUT2D eigenvalue weighted by atomic mass is 10.0. The van der Waals surface area contributed by atoms with E-state index in [1.807, 2.05) is 0 Å². The van der Waals surface area contributed by atoms with Gasteiger partial charge in [-0.1, -0.05) is 18.3 Å². The van der Waals surface area contributed by atoms with Gasteiger partial charge in [-0.3, -0.25) is 0 Å². The van der Waals surface area contributed by atoms with E-state index >= 15 is 0 Å². The Balaban J connectivity index is 1.90. The number of benzene rings is 1. The maximum atomic E-state index is 13.7. The van der Waals surface area contributed by atoms with Crippen molar-refractivity contribution in [2.24, 2.45) is 0 Å². The van der Waals surface area contributed by atoms with E-state index in [9.17, 15) is 4.39 Å². The lowest BCUT2D eigenvalue weighted by Crippen LogP contribution is -2.37. The topological polar surface area (TPSA) is 12.5 Å². The first kappa shape index (κ1) is 16.1. The summed E-state index contributed by atoms with van der Waals surface area (Å²) in [6.07, 6.45) is 4.66. The molecule has 4 heteroatoms. The zero-order valence-electron chi connectivity index (χ0n) is 12.4. The molecule has 0 radical (unpaired) electrons. The van der Waals surface area contributed by atoms with E-state index in [4.69, 9.17) is 16.3 Å². The van der Waals surface area contributed by atoms with E-state index in [1.54, 1.807) is 12.1 Å². The Labute approximate surface area is 131 Å². The van der Waals surface area contributed by atoms with Crippen LogP contribution >= 0.6 is 11.6 Å². The van der Waals surface area contributed by atoms with Crippen LogP contribution < -0.4 is 4.74 Å². The molecule has 1 aromatic rings. The molecule has 0 aromatic heterocycles. The summed E-state index contributed by atoms with van der Waals surface area (Å²) in [7, 11) is 2.15. The van der Waals surface area contributed by atoms with Crippen LogP contribution in [0.3, 0.4) is 0 Å². The minimum absolute atomic E-state index is 0.265. The Morgan fingerprint density at radius 1 is 1.43 bits per heavy atom. The Bertz CT molecular complexity index is 523. The molecule has 1 fully saturated rings. The number of likely N-dealkylation sites (tertiary alicyclic amines) is 1. The molecule has 2 nitrogen and oxygen atoms in total. The molecule has 0 spiro atoms. The van der Waals surface area contributed by atoms with Gasteiger partial charge < -0.3 is 9.64 Å². The van der Waals surface area contributed by atoms with Crippen molar-refractivity contribution in [3.05, 3.63) is 29.6 Å². The van der Waals surface area contributed by atoms with Gasteiger partial charge in [-0.25, -0.2) is 4.39 Å². The summed E-state index contributed by atoms with van der Waals surface area (Å²) in [5, 5.41) is 0. The number of hydrogen-bond acceptors (Lipinski definition) is 2. The lowest BCUT2D eigenvalue weighted by molar-refractivity contribution is 0.151. The molecule has 2 rings (SSSR count). The third-order valence-electron chi connectivity index (χ3n) is 3.86. The largest absolute Gasteiger partial charge is 0.490 e. The molecule has 1 atom stereocenters. The van der Waals surface area contributed by atoms with Gasteiger partial charge in [-0.05, 0) is 51.1 Å². The number of hydrogen-bond donors (Lipinski definition) is 0. The Kier molecular flexibility index (Phi) is 6.35. The average Bonchev–Trinajstić information content (AvgIpc) is 2.49. The second-order valence-electron chi connectivity index (χ2n) is 5.35. The minimum atomic E-state index is -0.344. The summed E-state index contributed by atoms with van der Waals surface area (Å²) < 4.78 is 19.3. The van der Waals surface area contributed by atoms with Crippen LogP contribution in [0.15, 0.2) is 18.2 Å². The van der Waals surface area contributed by atoms with E-state index in [0.29, 0.717) is 12.6 Å². The highest BCUT2D eigenvalue weighted by molar-refractivity contribution is 6.19. The van der Waals surface area contributed by atoms with Crippen LogP contribution in [0, 0.1) is 17.7 Å². The van der Waals surface area contributed by atoms with Gasteiger partial charge in [0.2, 0.25) is 0 Å². The lowest BCUT2D eigenvalue weighted by Gasteiger charge is -2.32. The van der Waals surface area contributed by atoms with Crippen LogP contribution in [0.1, 0.15) is 31.2 Å². The molecule has 0 N–H and O–H groups in total. The number of halogens is 2. The fraction of sp³-hybridized carbons (Fsp3) is 0.529. The van der Waals surface area contributed by atoms with Gasteiger partial charge in [0.15, 0.2) is 11.6 Å². The Hall–Kier alpha value is -1.24. The van der Waals surface area contributed by atoms with Gasteiger partial charge in [0.05, 0.1) is 12.5 Å². The van der Waals surface area contributed by atoms with Gasteiger partial charge in [0.25, 0.3) is 0 Å². The second-order valence-corrected chi connectivity index (χ2v) is 5.62. The highest BCUT2D eigenvalue weighted by Gasteiger charge is 2.18. The third-order valence-corrected chi connectivity index (χ3v) is 3.99. The van der Waals surface area contributed by atoms with Crippen molar-refractivity contribution in [1.82, 2.24) is 4.90 Å². The molecule has 0 aliphatic carbocycles. The van der Waals surface area contributed by atoms with Crippen LogP contribution in [0.5, 0.6) is 5.75 Å². The van der Waals surface area contributed by atoms with Crippen LogP contribution in [0.4, 0.5) is 4.39 Å². The average molecular weight is 310 g/mol. The molecule has 21 heavy (non-hydrogen) atoms. The van der Waals surface area contributed by atoms with Crippen molar-refractivity contribution >= 4 is 11.6 Å². The minimum Gasteiger partial charge on any atom is -0.490 e. The van der Waals surface area contributed by atoms with Crippen molar-refractivity contribution in [3.63, 3.8) is 0 Å². The number of nitrogens with zero attached hydrogens (tertiary/aromatic N) is 1. The molecular weight excluding hydrogens is 289 g/mol. The number of rotatable bonds is 4. The molecule has 114 valence electrons. The molecule has 0 amide bonds. The molecule has 1 aliphatic heterocycles. The highest BCUT2D eigenvalue weighted by Crippen LogP contribution is 2.21. The first-order chi connectivity index (χ1) is 10.2. The van der Waals surface area contributed by atoms with E-state index in [0.717, 1.165) is 18.5 Å². The van der Waals surface area contributed by atoms with Crippen molar-refractivity contribution in [2.45, 2.75) is 31.7 Å². The quantitative estimate of drug-likeness (QED) is 0.621. The van der Waals surface area contributed by atoms with Crippen molar-refractivity contribution < 1.29 is 9.13 Å². The molecule has 1 aliphatic rings. The van der Waals surface area contributed by atoms with Gasteiger partial charge in [0.1, 0.15) is 0 Å². The van der Waals surface area contributed by atoms with Gasteiger partial charge >= 0.3 is 0 Å². The molecule has 1 heterocycles. The third kappa shape index (κ3) is 4.91. The normalized spacial score (nSPS) is 18.9. The summed E-state index contributed by atoms with van der Waals surface area (Å²) >= 11 is 5.52. The predicted octanol–water partition coefficient (Wildman–Crippen LogP) is 3.67. The molecule has 0 bridgehead atoms. The van der Waals surface area contributed by atoms with Crippen molar-refractivity contribution in [2.75, 3.05) is 26.1 Å². The van der Waals surface area contributed by atoms with E-state index < -0.39 is 0 Å². The summed E-state index contributed by atoms with van der Waals surface area (Å²) in [6, 6.07) is 5.21. The zero-order chi connectivity index (χ0) is 15.1. The predicted molar refractivity (Wildman–Crippen MR) is 84.4 cm³/mol. The highest BCUT2D eigenvalue weighted by atomic mass is 35.5. The van der Waals surface area contributed by atoms with E-state index in [2.05, 4.69) is 23.8 Å². The molecule has 1 saturated heterocycles. The summed E-state index contributed by atoms with van der Waals surface area (Å²) in [6.45, 7) is 1.67. The van der Waals surface area contributed by atoms with Crippen LogP contribution in [0.2, 0.25) is 0 Å². The van der Waals surface area contributed by atoms with Crippen LogP contribution in [0.25, 0.3) is 0 Å². The fourth-order valence-corrected chi connectivity index (χ4v) is 2.71. The zero-order valence-corrected chi connectivity index (χ0v) is 13.1. The molecule has 1 unspecified atom stereocenters. The first-order valence-corrected chi connectivity index (χ1v) is 7.91. The smallest absolute Gasteiger partial charge is 0.165 e. The van der Waals surface area contributed by atoms with Gasteiger partial charge in [-0.2, -0.15) is 0 Å². The Morgan fingerprint density at radius 3 is 3.05 bits per heavy atom. The standard InChI is InChI=1S/C17H21ClFNO/c1-20-11-3-2-6-15(20)9-12-21-17-13-14(5-4-10-18)7-8-16(17)19/h7-8,13,15H,2-3,6,9-12H2,1H3. The molecule has 1 aromatic carbocycles. The molecule has 0 saturated carbocycles. The summed E-state index contributed by atoms with van der Waals surface area (Å²) in [5.74, 6) is 5.82. The van der Waals surface area contributed by atoms with Crippen molar-refractivity contribution in [1.29, 1.82) is 0 Å². The maximum Gasteiger partial charge on any atom is 0.165 e. The Morgan fingerprint density at radius 2 is 2.29 bits per heavy atom. The van der Waals surface area contributed by atoms with Crippen LogP contribution in [-0.4, -0.2) is 37.0 Å². The van der Waals surface area contributed by atoms with E-state index in [-0.39, 0.29) is 17.4 Å². The SMILES string of the molecule is CN1CCCCC1CCOc1cc(C#CCCl)ccc1F. The number of ether oxygens (including phenoxy) is 1. The second kappa shape index (κ2) is 8.26. The van der Waals surface area contributed by atoms with E-state index in [1.165, 1.54) is 25.3 Å². The maximum absolute atomic E-state index is 13.7. The fourth-order valence-electron chi connectivity index (χ4n) is 2.64. The molecular formula is C17H21ClFNO. The number of piperidine rings is 1. The summed E-state index contributed by atoms with van der Waals surface area (Å²) in [4.78, 5) is 2.37. The van der Waals surface area contributed by atoms with Crippen molar-refractivity contribution in [3.8, 4) is 17.6 Å². The van der Waals surface area contributed by atoms with Gasteiger partial charge in [0, 0.05) is 11.6 Å². The summed E-state index contributed by atoms with van der Waals surface area (Å²) in [5.41, 5.74) is 0.724. The number of alkyl halides is 1. The van der Waals surface area contributed by atoms with Gasteiger partial charge in [-0.15, -0.1) is 11.6 Å². The monoisotopic (exact) mass is 309 g/mol. The first-order valence-electron chi connectivity index (χ1n) is 7.38.